The second-order valence-corrected chi connectivity index (χ2v) is 4.35. The standard InChI is InChI=1S/C13H11Cl2NO/c1-9-5-10(8-14)6-13(16-9)17-12-4-2-3-11(15)7-12/h2-7H,8H2,1H3. The third-order valence-electron chi connectivity index (χ3n) is 2.16. The maximum absolute atomic E-state index is 5.88. The predicted molar refractivity (Wildman–Crippen MR) is 70.1 cm³/mol. The van der Waals surface area contributed by atoms with Crippen molar-refractivity contribution >= 4 is 23.2 Å². The van der Waals surface area contributed by atoms with Crippen molar-refractivity contribution in [3.63, 3.8) is 0 Å². The lowest BCUT2D eigenvalue weighted by atomic mass is 10.2. The summed E-state index contributed by atoms with van der Waals surface area (Å²) in [6.07, 6.45) is 0. The van der Waals surface area contributed by atoms with Crippen LogP contribution in [0.25, 0.3) is 0 Å². The van der Waals surface area contributed by atoms with Crippen molar-refractivity contribution in [2.24, 2.45) is 0 Å². The molecule has 0 spiro atoms. The van der Waals surface area contributed by atoms with Crippen LogP contribution < -0.4 is 4.74 Å². The molecule has 0 aliphatic carbocycles. The Morgan fingerprint density at radius 1 is 1.24 bits per heavy atom. The number of pyridine rings is 1. The first-order chi connectivity index (χ1) is 8.17. The van der Waals surface area contributed by atoms with Crippen molar-refractivity contribution in [2.75, 3.05) is 0 Å². The molecule has 0 atom stereocenters. The van der Waals surface area contributed by atoms with Crippen LogP contribution in [0, 0.1) is 6.92 Å². The zero-order valence-corrected chi connectivity index (χ0v) is 10.8. The molecule has 1 aromatic heterocycles. The maximum atomic E-state index is 5.88. The molecular weight excluding hydrogens is 257 g/mol. The molecule has 88 valence electrons. The molecule has 0 fully saturated rings. The monoisotopic (exact) mass is 267 g/mol. The number of alkyl halides is 1. The average molecular weight is 268 g/mol. The van der Waals surface area contributed by atoms with Gasteiger partial charge in [-0.3, -0.25) is 0 Å². The van der Waals surface area contributed by atoms with Gasteiger partial charge >= 0.3 is 0 Å². The number of halogens is 2. The molecule has 2 nitrogen and oxygen atoms in total. The number of aromatic nitrogens is 1. The lowest BCUT2D eigenvalue weighted by molar-refractivity contribution is 0.461. The molecule has 1 aromatic carbocycles. The molecule has 0 aliphatic rings. The summed E-state index contributed by atoms with van der Waals surface area (Å²) in [5, 5.41) is 0.632. The highest BCUT2D eigenvalue weighted by Crippen LogP contribution is 2.24. The number of rotatable bonds is 3. The Balaban J connectivity index is 2.26. The van der Waals surface area contributed by atoms with E-state index in [1.54, 1.807) is 12.1 Å². The van der Waals surface area contributed by atoms with Gasteiger partial charge in [-0.2, -0.15) is 0 Å². The topological polar surface area (TPSA) is 22.1 Å². The van der Waals surface area contributed by atoms with Crippen LogP contribution in [0.1, 0.15) is 11.3 Å². The van der Waals surface area contributed by atoms with Crippen molar-refractivity contribution in [2.45, 2.75) is 12.8 Å². The first-order valence-corrected chi connectivity index (χ1v) is 6.05. The summed E-state index contributed by atoms with van der Waals surface area (Å²) in [5.41, 5.74) is 1.86. The van der Waals surface area contributed by atoms with Crippen molar-refractivity contribution < 1.29 is 4.74 Å². The second kappa shape index (κ2) is 5.39. The minimum atomic E-state index is 0.440. The Morgan fingerprint density at radius 3 is 2.76 bits per heavy atom. The molecule has 0 amide bonds. The average Bonchev–Trinajstić information content (AvgIpc) is 2.28. The molecule has 4 heteroatoms. The predicted octanol–water partition coefficient (Wildman–Crippen LogP) is 4.57. The van der Waals surface area contributed by atoms with Gasteiger partial charge in [0, 0.05) is 22.7 Å². The van der Waals surface area contributed by atoms with Crippen LogP contribution in [0.5, 0.6) is 11.6 Å². The maximum Gasteiger partial charge on any atom is 0.219 e. The van der Waals surface area contributed by atoms with Gasteiger partial charge in [0.1, 0.15) is 5.75 Å². The van der Waals surface area contributed by atoms with Crippen molar-refractivity contribution in [1.82, 2.24) is 4.98 Å². The minimum Gasteiger partial charge on any atom is -0.439 e. The molecule has 1 heterocycles. The van der Waals surface area contributed by atoms with Gasteiger partial charge in [-0.1, -0.05) is 17.7 Å². The number of benzene rings is 1. The molecule has 17 heavy (non-hydrogen) atoms. The highest BCUT2D eigenvalue weighted by Gasteiger charge is 2.02. The van der Waals surface area contributed by atoms with E-state index < -0.39 is 0 Å². The van der Waals surface area contributed by atoms with Crippen LogP contribution in [0.3, 0.4) is 0 Å². The first kappa shape index (κ1) is 12.2. The first-order valence-electron chi connectivity index (χ1n) is 5.14. The number of ether oxygens (including phenoxy) is 1. The zero-order chi connectivity index (χ0) is 12.3. The smallest absolute Gasteiger partial charge is 0.219 e. The lowest BCUT2D eigenvalue weighted by Crippen LogP contribution is -1.92. The summed E-state index contributed by atoms with van der Waals surface area (Å²) in [7, 11) is 0. The highest BCUT2D eigenvalue weighted by molar-refractivity contribution is 6.30. The van der Waals surface area contributed by atoms with Crippen LogP contribution in [-0.4, -0.2) is 4.98 Å². The number of hydrogen-bond acceptors (Lipinski definition) is 2. The van der Waals surface area contributed by atoms with Crippen molar-refractivity contribution in [1.29, 1.82) is 0 Å². The van der Waals surface area contributed by atoms with E-state index in [4.69, 9.17) is 27.9 Å². The SMILES string of the molecule is Cc1cc(CCl)cc(Oc2cccc(Cl)c2)n1. The van der Waals surface area contributed by atoms with Gasteiger partial charge in [0.15, 0.2) is 0 Å². The summed E-state index contributed by atoms with van der Waals surface area (Å²) in [6, 6.07) is 10.9. The van der Waals surface area contributed by atoms with Crippen LogP contribution in [0.15, 0.2) is 36.4 Å². The molecule has 0 saturated carbocycles. The van der Waals surface area contributed by atoms with Crippen LogP contribution in [0.2, 0.25) is 5.02 Å². The molecule has 0 bridgehead atoms. The molecular formula is C13H11Cl2NO. The number of nitrogens with zero attached hydrogens (tertiary/aromatic N) is 1. The van der Waals surface area contributed by atoms with E-state index in [0.717, 1.165) is 11.3 Å². The van der Waals surface area contributed by atoms with E-state index in [0.29, 0.717) is 22.5 Å². The summed E-state index contributed by atoms with van der Waals surface area (Å²) in [6.45, 7) is 1.90. The van der Waals surface area contributed by atoms with Crippen LogP contribution in [0.4, 0.5) is 0 Å². The molecule has 0 unspecified atom stereocenters. The number of hydrogen-bond donors (Lipinski definition) is 0. The van der Waals surface area contributed by atoms with E-state index in [-0.39, 0.29) is 0 Å². The van der Waals surface area contributed by atoms with E-state index in [9.17, 15) is 0 Å². The van der Waals surface area contributed by atoms with E-state index in [2.05, 4.69) is 4.98 Å². The Kier molecular flexibility index (Phi) is 3.87. The second-order valence-electron chi connectivity index (χ2n) is 3.65. The van der Waals surface area contributed by atoms with E-state index >= 15 is 0 Å². The van der Waals surface area contributed by atoms with Gasteiger partial charge in [-0.05, 0) is 36.8 Å². The van der Waals surface area contributed by atoms with E-state index in [1.807, 2.05) is 31.2 Å². The Bertz CT molecular complexity index is 529. The largest absolute Gasteiger partial charge is 0.439 e. The summed E-state index contributed by atoms with van der Waals surface area (Å²) >= 11 is 11.7. The van der Waals surface area contributed by atoms with E-state index in [1.165, 1.54) is 0 Å². The molecule has 0 radical (unpaired) electrons. The molecule has 2 rings (SSSR count). The van der Waals surface area contributed by atoms with Crippen molar-refractivity contribution in [3.8, 4) is 11.6 Å². The van der Waals surface area contributed by atoms with Gasteiger partial charge in [-0.25, -0.2) is 4.98 Å². The molecule has 0 saturated heterocycles. The van der Waals surface area contributed by atoms with Gasteiger partial charge in [0.05, 0.1) is 0 Å². The van der Waals surface area contributed by atoms with Gasteiger partial charge < -0.3 is 4.74 Å². The fourth-order valence-electron chi connectivity index (χ4n) is 1.49. The highest BCUT2D eigenvalue weighted by atomic mass is 35.5. The zero-order valence-electron chi connectivity index (χ0n) is 9.28. The minimum absolute atomic E-state index is 0.440. The summed E-state index contributed by atoms with van der Waals surface area (Å²) in [4.78, 5) is 4.28. The Morgan fingerprint density at radius 2 is 2.06 bits per heavy atom. The van der Waals surface area contributed by atoms with Gasteiger partial charge in [-0.15, -0.1) is 11.6 Å². The normalized spacial score (nSPS) is 10.3. The van der Waals surface area contributed by atoms with Crippen LogP contribution >= 0.6 is 23.2 Å². The van der Waals surface area contributed by atoms with Gasteiger partial charge in [0.2, 0.25) is 5.88 Å². The van der Waals surface area contributed by atoms with Gasteiger partial charge in [0.25, 0.3) is 0 Å². The van der Waals surface area contributed by atoms with Crippen molar-refractivity contribution in [3.05, 3.63) is 52.7 Å². The summed E-state index contributed by atoms with van der Waals surface area (Å²) < 4.78 is 5.63. The fraction of sp³-hybridized carbons (Fsp3) is 0.154. The molecule has 2 aromatic rings. The third-order valence-corrected chi connectivity index (χ3v) is 2.71. The summed E-state index contributed by atoms with van der Waals surface area (Å²) in [5.74, 6) is 1.63. The Labute approximate surface area is 110 Å². The lowest BCUT2D eigenvalue weighted by Gasteiger charge is -2.07. The fourth-order valence-corrected chi connectivity index (χ4v) is 1.82. The quantitative estimate of drug-likeness (QED) is 0.760. The van der Waals surface area contributed by atoms with Crippen LogP contribution in [-0.2, 0) is 5.88 Å². The molecule has 0 aliphatic heterocycles. The molecule has 0 N–H and O–H groups in total. The number of aryl methyl sites for hydroxylation is 1. The third kappa shape index (κ3) is 3.35. The Hall–Kier alpha value is -1.25.